The van der Waals surface area contributed by atoms with Crippen molar-refractivity contribution < 1.29 is 4.79 Å². The number of amides is 1. The molecule has 0 aliphatic carbocycles. The van der Waals surface area contributed by atoms with Gasteiger partial charge in [0.2, 0.25) is 0 Å². The second kappa shape index (κ2) is 8.59. The van der Waals surface area contributed by atoms with Gasteiger partial charge in [-0.25, -0.2) is 4.98 Å². The Bertz CT molecular complexity index is 1090. The third kappa shape index (κ3) is 4.23. The Morgan fingerprint density at radius 3 is 2.48 bits per heavy atom. The Hall–Kier alpha value is -2.96. The van der Waals surface area contributed by atoms with Crippen LogP contribution in [0, 0.1) is 13.8 Å². The van der Waals surface area contributed by atoms with Crippen molar-refractivity contribution in [2.45, 2.75) is 19.9 Å². The number of hydrogen-bond donors (Lipinski definition) is 2. The highest BCUT2D eigenvalue weighted by molar-refractivity contribution is 7.16. The molecule has 0 aliphatic heterocycles. The van der Waals surface area contributed by atoms with E-state index in [1.807, 2.05) is 54.6 Å². The van der Waals surface area contributed by atoms with Gasteiger partial charge in [0.25, 0.3) is 5.91 Å². The predicted octanol–water partition coefficient (Wildman–Crippen LogP) is 6.28. The summed E-state index contributed by atoms with van der Waals surface area (Å²) in [6, 6.07) is 19.2. The van der Waals surface area contributed by atoms with Gasteiger partial charge >= 0.3 is 0 Å². The van der Waals surface area contributed by atoms with Crippen LogP contribution in [0.4, 0.5) is 10.8 Å². The number of rotatable bonds is 6. The zero-order chi connectivity index (χ0) is 20.2. The Kier molecular flexibility index (Phi) is 5.74. The van der Waals surface area contributed by atoms with Crippen molar-refractivity contribution in [3.05, 3.63) is 98.7 Å². The summed E-state index contributed by atoms with van der Waals surface area (Å²) in [5.41, 5.74) is 2.91. The fourth-order valence-electron chi connectivity index (χ4n) is 3.19. The van der Waals surface area contributed by atoms with Gasteiger partial charge in [0.05, 0.1) is 6.04 Å². The van der Waals surface area contributed by atoms with E-state index in [0.29, 0.717) is 5.56 Å². The zero-order valence-electron chi connectivity index (χ0n) is 16.2. The smallest absolute Gasteiger partial charge is 0.256 e. The van der Waals surface area contributed by atoms with E-state index < -0.39 is 0 Å². The van der Waals surface area contributed by atoms with E-state index >= 15 is 0 Å². The van der Waals surface area contributed by atoms with Crippen LogP contribution in [0.15, 0.2) is 72.2 Å². The van der Waals surface area contributed by atoms with Crippen molar-refractivity contribution in [2.75, 3.05) is 10.6 Å². The van der Waals surface area contributed by atoms with Gasteiger partial charge in [-0.05, 0) is 55.1 Å². The molecule has 0 saturated carbocycles. The van der Waals surface area contributed by atoms with E-state index in [9.17, 15) is 4.79 Å². The first-order chi connectivity index (χ1) is 14.1. The van der Waals surface area contributed by atoms with Gasteiger partial charge in [0.1, 0.15) is 10.8 Å². The first-order valence-electron chi connectivity index (χ1n) is 9.30. The van der Waals surface area contributed by atoms with Crippen LogP contribution in [-0.4, -0.2) is 10.9 Å². The van der Waals surface area contributed by atoms with Gasteiger partial charge in [0, 0.05) is 27.1 Å². The SMILES string of the molecule is Cc1sc(NC(=O)c2ccccc2)c(C(Nc2ccccn2)c2cccs2)c1C. The number of aromatic nitrogens is 1. The minimum Gasteiger partial charge on any atom is -0.358 e. The normalized spacial score (nSPS) is 11.8. The quantitative estimate of drug-likeness (QED) is 0.387. The molecule has 1 atom stereocenters. The van der Waals surface area contributed by atoms with Gasteiger partial charge in [-0.2, -0.15) is 0 Å². The highest BCUT2D eigenvalue weighted by Gasteiger charge is 2.25. The molecule has 29 heavy (non-hydrogen) atoms. The summed E-state index contributed by atoms with van der Waals surface area (Å²) in [5, 5.41) is 9.64. The number of anilines is 2. The molecule has 3 heterocycles. The summed E-state index contributed by atoms with van der Waals surface area (Å²) >= 11 is 3.30. The maximum absolute atomic E-state index is 12.8. The third-order valence-corrected chi connectivity index (χ3v) is 6.84. The molecule has 6 heteroatoms. The lowest BCUT2D eigenvalue weighted by atomic mass is 10.0. The van der Waals surface area contributed by atoms with Crippen LogP contribution in [0.25, 0.3) is 0 Å². The van der Waals surface area contributed by atoms with Gasteiger partial charge in [-0.3, -0.25) is 4.79 Å². The molecule has 2 N–H and O–H groups in total. The third-order valence-electron chi connectivity index (χ3n) is 4.77. The molecule has 0 bridgehead atoms. The maximum atomic E-state index is 12.8. The van der Waals surface area contributed by atoms with Crippen LogP contribution in [-0.2, 0) is 0 Å². The zero-order valence-corrected chi connectivity index (χ0v) is 17.8. The number of thiophene rings is 2. The van der Waals surface area contributed by atoms with Crippen molar-refractivity contribution in [1.82, 2.24) is 4.98 Å². The highest BCUT2D eigenvalue weighted by atomic mass is 32.1. The molecular formula is C23H21N3OS2. The second-order valence-electron chi connectivity index (χ2n) is 6.65. The van der Waals surface area contributed by atoms with Crippen LogP contribution in [0.3, 0.4) is 0 Å². The molecule has 4 aromatic rings. The van der Waals surface area contributed by atoms with E-state index in [4.69, 9.17) is 0 Å². The van der Waals surface area contributed by atoms with Crippen LogP contribution >= 0.6 is 22.7 Å². The molecule has 146 valence electrons. The molecule has 0 saturated heterocycles. The number of aryl methyl sites for hydroxylation is 1. The molecule has 4 rings (SSSR count). The van der Waals surface area contributed by atoms with Crippen molar-refractivity contribution in [2.24, 2.45) is 0 Å². The van der Waals surface area contributed by atoms with Crippen LogP contribution in [0.1, 0.15) is 37.3 Å². The summed E-state index contributed by atoms with van der Waals surface area (Å²) in [4.78, 5) is 19.6. The molecule has 0 radical (unpaired) electrons. The number of pyridine rings is 1. The Morgan fingerprint density at radius 2 is 1.79 bits per heavy atom. The number of carbonyl (C=O) groups excluding carboxylic acids is 1. The molecule has 1 unspecified atom stereocenters. The number of hydrogen-bond acceptors (Lipinski definition) is 5. The van der Waals surface area contributed by atoms with Crippen molar-refractivity contribution in [1.29, 1.82) is 0 Å². The fraction of sp³-hybridized carbons (Fsp3) is 0.130. The van der Waals surface area contributed by atoms with Gasteiger partial charge in [-0.15, -0.1) is 22.7 Å². The summed E-state index contributed by atoms with van der Waals surface area (Å²) in [5.74, 6) is 0.699. The summed E-state index contributed by atoms with van der Waals surface area (Å²) in [6.45, 7) is 4.20. The molecule has 3 aromatic heterocycles. The van der Waals surface area contributed by atoms with Crippen LogP contribution < -0.4 is 10.6 Å². The highest BCUT2D eigenvalue weighted by Crippen LogP contribution is 2.42. The molecule has 0 spiro atoms. The Balaban J connectivity index is 1.73. The van der Waals surface area contributed by atoms with E-state index in [1.54, 1.807) is 28.9 Å². The molecule has 0 aliphatic rings. The molecule has 1 amide bonds. The lowest BCUT2D eigenvalue weighted by Crippen LogP contribution is -2.17. The largest absolute Gasteiger partial charge is 0.358 e. The number of nitrogens with zero attached hydrogens (tertiary/aromatic N) is 1. The topological polar surface area (TPSA) is 54.0 Å². The minimum atomic E-state index is -0.101. The molecule has 4 nitrogen and oxygen atoms in total. The van der Waals surface area contributed by atoms with Crippen molar-refractivity contribution in [3.63, 3.8) is 0 Å². The van der Waals surface area contributed by atoms with Crippen LogP contribution in [0.2, 0.25) is 0 Å². The molecular weight excluding hydrogens is 398 g/mol. The monoisotopic (exact) mass is 419 g/mol. The lowest BCUT2D eigenvalue weighted by Gasteiger charge is -2.21. The maximum Gasteiger partial charge on any atom is 0.256 e. The van der Waals surface area contributed by atoms with Gasteiger partial charge in [0.15, 0.2) is 0 Å². The fourth-order valence-corrected chi connectivity index (χ4v) is 5.07. The number of nitrogens with one attached hydrogen (secondary N) is 2. The van der Waals surface area contributed by atoms with Crippen molar-refractivity contribution >= 4 is 39.4 Å². The van der Waals surface area contributed by atoms with Crippen LogP contribution in [0.5, 0.6) is 0 Å². The second-order valence-corrected chi connectivity index (χ2v) is 8.86. The first-order valence-corrected chi connectivity index (χ1v) is 11.0. The van der Waals surface area contributed by atoms with Gasteiger partial charge in [-0.1, -0.05) is 30.3 Å². The van der Waals surface area contributed by atoms with Gasteiger partial charge < -0.3 is 10.6 Å². The Labute approximate surface area is 178 Å². The average Bonchev–Trinajstić information content (AvgIpc) is 3.37. The number of benzene rings is 1. The van der Waals surface area contributed by atoms with E-state index in [-0.39, 0.29) is 11.9 Å². The summed E-state index contributed by atoms with van der Waals surface area (Å²) in [7, 11) is 0. The first kappa shape index (κ1) is 19.4. The average molecular weight is 420 g/mol. The van der Waals surface area contributed by atoms with Crippen molar-refractivity contribution in [3.8, 4) is 0 Å². The Morgan fingerprint density at radius 1 is 1.00 bits per heavy atom. The summed E-state index contributed by atoms with van der Waals surface area (Å²) < 4.78 is 0. The lowest BCUT2D eigenvalue weighted by molar-refractivity contribution is 0.102. The standard InChI is InChI=1S/C23H21N3OS2/c1-15-16(2)29-23(26-22(27)17-9-4-3-5-10-17)20(15)21(18-11-8-14-28-18)25-19-12-6-7-13-24-19/h3-14,21H,1-2H3,(H,24,25)(H,26,27). The molecule has 1 aromatic carbocycles. The summed E-state index contributed by atoms with van der Waals surface area (Å²) in [6.07, 6.45) is 1.78. The predicted molar refractivity (Wildman–Crippen MR) is 122 cm³/mol. The molecule has 0 fully saturated rings. The van der Waals surface area contributed by atoms with E-state index in [2.05, 4.69) is 40.9 Å². The number of carbonyl (C=O) groups is 1. The van der Waals surface area contributed by atoms with E-state index in [1.165, 1.54) is 15.3 Å². The minimum absolute atomic E-state index is 0.0964. The van der Waals surface area contributed by atoms with E-state index in [0.717, 1.165) is 16.4 Å².